The summed E-state index contributed by atoms with van der Waals surface area (Å²) >= 11 is 0. The summed E-state index contributed by atoms with van der Waals surface area (Å²) in [6.45, 7) is 5.25. The van der Waals surface area contributed by atoms with Crippen molar-refractivity contribution >= 4 is 5.97 Å². The highest BCUT2D eigenvalue weighted by Gasteiger charge is 2.59. The molecule has 0 bridgehead atoms. The molecule has 2 N–H and O–H groups in total. The molecule has 27 heavy (non-hydrogen) atoms. The highest BCUT2D eigenvalue weighted by atomic mass is 16.4. The molecule has 0 aromatic heterocycles. The van der Waals surface area contributed by atoms with E-state index >= 15 is 0 Å². The zero-order chi connectivity index (χ0) is 19.7. The minimum absolute atomic E-state index is 0.364. The lowest BCUT2D eigenvalue weighted by Crippen LogP contribution is -2.52. The second-order valence-electron chi connectivity index (χ2n) is 10.5. The zero-order valence-electron chi connectivity index (χ0n) is 17.9. The van der Waals surface area contributed by atoms with E-state index in [0.717, 1.165) is 49.5 Å². The first-order valence-electron chi connectivity index (χ1n) is 11.6. The molecule has 0 spiro atoms. The highest BCUT2D eigenvalue weighted by molar-refractivity contribution is 5.66. The van der Waals surface area contributed by atoms with Crippen LogP contribution in [0.2, 0.25) is 0 Å². The fraction of sp³-hybridized carbons (Fsp3) is 0.958. The minimum atomic E-state index is -0.619. The summed E-state index contributed by atoms with van der Waals surface area (Å²) in [6, 6.07) is 0. The molecule has 4 aliphatic carbocycles. The van der Waals surface area contributed by atoms with Gasteiger partial charge in [-0.05, 0) is 105 Å². The van der Waals surface area contributed by atoms with Crippen molar-refractivity contribution in [3.8, 4) is 0 Å². The quantitative estimate of drug-likeness (QED) is 0.640. The van der Waals surface area contributed by atoms with Crippen molar-refractivity contribution in [3.05, 3.63) is 0 Å². The van der Waals surface area contributed by atoms with Gasteiger partial charge >= 0.3 is 5.97 Å². The molecule has 3 heteroatoms. The summed E-state index contributed by atoms with van der Waals surface area (Å²) in [7, 11) is 1.00. The van der Waals surface area contributed by atoms with Gasteiger partial charge in [-0.2, -0.15) is 0 Å². The van der Waals surface area contributed by atoms with Gasteiger partial charge in [-0.25, -0.2) is 0 Å². The van der Waals surface area contributed by atoms with Gasteiger partial charge in [-0.15, -0.1) is 0 Å². The van der Waals surface area contributed by atoms with Crippen molar-refractivity contribution in [2.45, 2.75) is 97.3 Å². The number of hydrogen-bond acceptors (Lipinski definition) is 2. The summed E-state index contributed by atoms with van der Waals surface area (Å²) in [5.74, 6) is 4.08. The van der Waals surface area contributed by atoms with E-state index in [1.807, 2.05) is 0 Å². The molecule has 0 aliphatic heterocycles. The van der Waals surface area contributed by atoms with Gasteiger partial charge in [0, 0.05) is 13.5 Å². The van der Waals surface area contributed by atoms with Gasteiger partial charge in [0.25, 0.3) is 0 Å². The largest absolute Gasteiger partial charge is 0.481 e. The van der Waals surface area contributed by atoms with Crippen LogP contribution in [0.1, 0.15) is 97.3 Å². The average Bonchev–Trinajstić information content (AvgIpc) is 2.99. The third-order valence-corrected chi connectivity index (χ3v) is 9.72. The second kappa shape index (κ2) is 8.43. The summed E-state index contributed by atoms with van der Waals surface area (Å²) in [5, 5.41) is 16.0. The van der Waals surface area contributed by atoms with Crippen LogP contribution in [0.15, 0.2) is 0 Å². The molecule has 4 rings (SSSR count). The number of aliphatic carboxylic acids is 1. The molecule has 4 fully saturated rings. The lowest BCUT2D eigenvalue weighted by molar-refractivity contribution is -0.137. The van der Waals surface area contributed by atoms with Crippen molar-refractivity contribution in [2.75, 3.05) is 7.11 Å². The van der Waals surface area contributed by atoms with E-state index in [0.29, 0.717) is 17.3 Å². The Morgan fingerprint density at radius 2 is 1.63 bits per heavy atom. The molecule has 0 heterocycles. The standard InChI is InChI=1S/C23H38O2.CH4O/c1-22-14-4-3-6-16(22)9-11-18-19-12-10-17(7-5-8-21(24)25)23(19,2)15-13-20(18)22;1-2/h16-20H,3-15H2,1-2H3,(H,24,25);2H,1H3. The van der Waals surface area contributed by atoms with Crippen LogP contribution in [0.3, 0.4) is 0 Å². The predicted molar refractivity (Wildman–Crippen MR) is 109 cm³/mol. The van der Waals surface area contributed by atoms with Crippen LogP contribution in [0.4, 0.5) is 0 Å². The molecule has 7 unspecified atom stereocenters. The predicted octanol–water partition coefficient (Wildman–Crippen LogP) is 5.90. The molecule has 0 saturated heterocycles. The lowest BCUT2D eigenvalue weighted by Gasteiger charge is -2.60. The molecule has 4 aliphatic rings. The Labute approximate surface area is 166 Å². The van der Waals surface area contributed by atoms with E-state index < -0.39 is 5.97 Å². The van der Waals surface area contributed by atoms with Crippen molar-refractivity contribution in [3.63, 3.8) is 0 Å². The Morgan fingerprint density at radius 3 is 2.37 bits per heavy atom. The normalized spacial score (nSPS) is 45.7. The molecule has 156 valence electrons. The smallest absolute Gasteiger partial charge is 0.303 e. The first kappa shape index (κ1) is 21.1. The fourth-order valence-electron chi connectivity index (χ4n) is 8.38. The van der Waals surface area contributed by atoms with Crippen LogP contribution in [-0.4, -0.2) is 23.3 Å². The monoisotopic (exact) mass is 378 g/mol. The topological polar surface area (TPSA) is 57.5 Å². The van der Waals surface area contributed by atoms with Crippen molar-refractivity contribution in [1.82, 2.24) is 0 Å². The number of aliphatic hydroxyl groups is 1. The van der Waals surface area contributed by atoms with E-state index in [4.69, 9.17) is 10.2 Å². The summed E-state index contributed by atoms with van der Waals surface area (Å²) in [6.07, 6.45) is 17.0. The Morgan fingerprint density at radius 1 is 0.889 bits per heavy atom. The number of carboxylic acid groups (broad SMARTS) is 1. The van der Waals surface area contributed by atoms with Gasteiger partial charge in [-0.1, -0.05) is 26.7 Å². The Balaban J connectivity index is 0.00000102. The van der Waals surface area contributed by atoms with Crippen LogP contribution >= 0.6 is 0 Å². The number of rotatable bonds is 4. The molecule has 3 nitrogen and oxygen atoms in total. The number of carbonyl (C=O) groups is 1. The van der Waals surface area contributed by atoms with Gasteiger partial charge in [0.05, 0.1) is 0 Å². The molecule has 0 aromatic rings. The number of carboxylic acids is 1. The highest BCUT2D eigenvalue weighted by Crippen LogP contribution is 2.67. The summed E-state index contributed by atoms with van der Waals surface area (Å²) in [4.78, 5) is 10.9. The first-order valence-corrected chi connectivity index (χ1v) is 11.6. The summed E-state index contributed by atoms with van der Waals surface area (Å²) < 4.78 is 0. The Hall–Kier alpha value is -0.570. The van der Waals surface area contributed by atoms with Crippen LogP contribution in [0, 0.1) is 40.4 Å². The molecular formula is C24H42O3. The Kier molecular flexibility index (Phi) is 6.60. The van der Waals surface area contributed by atoms with E-state index in [9.17, 15) is 4.79 Å². The minimum Gasteiger partial charge on any atom is -0.481 e. The third-order valence-electron chi connectivity index (χ3n) is 9.72. The van der Waals surface area contributed by atoms with Gasteiger partial charge in [0.15, 0.2) is 0 Å². The SMILES string of the molecule is CC12CCCCC1CCC1C2CCC2(C)C(CCCC(=O)O)CCC12.CO. The van der Waals surface area contributed by atoms with Crippen LogP contribution in [0.25, 0.3) is 0 Å². The maximum absolute atomic E-state index is 10.9. The lowest BCUT2D eigenvalue weighted by atomic mass is 9.45. The zero-order valence-corrected chi connectivity index (χ0v) is 17.9. The fourth-order valence-corrected chi connectivity index (χ4v) is 8.38. The number of aliphatic hydroxyl groups excluding tert-OH is 1. The second-order valence-corrected chi connectivity index (χ2v) is 10.5. The number of fused-ring (bicyclic) bond motifs is 5. The maximum Gasteiger partial charge on any atom is 0.303 e. The van der Waals surface area contributed by atoms with Crippen LogP contribution in [0.5, 0.6) is 0 Å². The average molecular weight is 379 g/mol. The van der Waals surface area contributed by atoms with E-state index in [-0.39, 0.29) is 0 Å². The number of hydrogen-bond donors (Lipinski definition) is 2. The molecule has 0 aromatic carbocycles. The molecule has 7 atom stereocenters. The van der Waals surface area contributed by atoms with Gasteiger partial charge in [0.2, 0.25) is 0 Å². The van der Waals surface area contributed by atoms with Gasteiger partial charge in [0.1, 0.15) is 0 Å². The Bertz CT molecular complexity index is 518. The van der Waals surface area contributed by atoms with E-state index in [1.165, 1.54) is 64.2 Å². The molecular weight excluding hydrogens is 336 g/mol. The van der Waals surface area contributed by atoms with Crippen molar-refractivity contribution < 1.29 is 15.0 Å². The van der Waals surface area contributed by atoms with Crippen molar-refractivity contribution in [1.29, 1.82) is 0 Å². The van der Waals surface area contributed by atoms with Gasteiger partial charge in [-0.3, -0.25) is 4.79 Å². The molecule has 0 radical (unpaired) electrons. The first-order chi connectivity index (χ1) is 12.9. The van der Waals surface area contributed by atoms with Crippen LogP contribution < -0.4 is 0 Å². The van der Waals surface area contributed by atoms with Gasteiger partial charge < -0.3 is 10.2 Å². The molecule has 0 amide bonds. The van der Waals surface area contributed by atoms with Crippen LogP contribution in [-0.2, 0) is 4.79 Å². The maximum atomic E-state index is 10.9. The molecule has 4 saturated carbocycles. The third kappa shape index (κ3) is 3.70. The van der Waals surface area contributed by atoms with E-state index in [2.05, 4.69) is 13.8 Å². The van der Waals surface area contributed by atoms with Crippen molar-refractivity contribution in [2.24, 2.45) is 40.4 Å². The summed E-state index contributed by atoms with van der Waals surface area (Å²) in [5.41, 5.74) is 1.15. The van der Waals surface area contributed by atoms with E-state index in [1.54, 1.807) is 0 Å².